The van der Waals surface area contributed by atoms with E-state index in [1.54, 1.807) is 41.5 Å². The average molecular weight is 357 g/mol. The van der Waals surface area contributed by atoms with Gasteiger partial charge in [0.25, 0.3) is 0 Å². The molecule has 0 fully saturated rings. The first-order chi connectivity index (χ1) is 11.2. The molecule has 0 aromatic rings. The van der Waals surface area contributed by atoms with Crippen molar-refractivity contribution in [3.05, 3.63) is 12.2 Å². The van der Waals surface area contributed by atoms with E-state index in [1.807, 2.05) is 0 Å². The Bertz CT molecular complexity index is 499. The SMILES string of the molecule is C=C(CCC[C@H](NC(=O)OC(C)(C)C)C(=O)OC(C)(C)C)C(=O)OC. The summed E-state index contributed by atoms with van der Waals surface area (Å²) in [6.07, 6.45) is 0.384. The number of amides is 1. The van der Waals surface area contributed by atoms with Crippen molar-refractivity contribution in [2.24, 2.45) is 0 Å². The maximum Gasteiger partial charge on any atom is 0.408 e. The molecular weight excluding hydrogens is 326 g/mol. The summed E-state index contributed by atoms with van der Waals surface area (Å²) in [4.78, 5) is 35.6. The van der Waals surface area contributed by atoms with Crippen LogP contribution in [0, 0.1) is 0 Å². The molecular formula is C18H31NO6. The highest BCUT2D eigenvalue weighted by molar-refractivity contribution is 5.87. The fourth-order valence-electron chi connectivity index (χ4n) is 1.84. The molecule has 0 aliphatic carbocycles. The molecule has 0 saturated carbocycles. The van der Waals surface area contributed by atoms with Gasteiger partial charge >= 0.3 is 18.0 Å². The molecule has 0 heterocycles. The summed E-state index contributed by atoms with van der Waals surface area (Å²) < 4.78 is 15.1. The Morgan fingerprint density at radius 1 is 1.00 bits per heavy atom. The number of nitrogens with one attached hydrogen (secondary N) is 1. The molecule has 0 aliphatic heterocycles. The van der Waals surface area contributed by atoms with E-state index in [-0.39, 0.29) is 6.42 Å². The van der Waals surface area contributed by atoms with Crippen LogP contribution in [0.5, 0.6) is 0 Å². The smallest absolute Gasteiger partial charge is 0.408 e. The third-order valence-corrected chi connectivity index (χ3v) is 2.83. The van der Waals surface area contributed by atoms with Gasteiger partial charge in [0, 0.05) is 5.57 Å². The Morgan fingerprint density at radius 3 is 1.96 bits per heavy atom. The van der Waals surface area contributed by atoms with E-state index < -0.39 is 35.3 Å². The third kappa shape index (κ3) is 11.2. The number of hydrogen-bond acceptors (Lipinski definition) is 6. The maximum absolute atomic E-state index is 12.3. The minimum absolute atomic E-state index is 0.282. The summed E-state index contributed by atoms with van der Waals surface area (Å²) in [5.41, 5.74) is -1.05. The van der Waals surface area contributed by atoms with E-state index in [9.17, 15) is 14.4 Å². The van der Waals surface area contributed by atoms with Crippen molar-refractivity contribution in [2.75, 3.05) is 7.11 Å². The normalized spacial score (nSPS) is 12.8. The Morgan fingerprint density at radius 2 is 1.52 bits per heavy atom. The maximum atomic E-state index is 12.3. The zero-order valence-corrected chi connectivity index (χ0v) is 16.4. The number of methoxy groups -OCH3 is 1. The Labute approximate surface area is 150 Å². The number of carbonyl (C=O) groups excluding carboxylic acids is 3. The highest BCUT2D eigenvalue weighted by Crippen LogP contribution is 2.15. The molecule has 0 aliphatic rings. The number of ether oxygens (including phenoxy) is 3. The molecule has 0 bridgehead atoms. The van der Waals surface area contributed by atoms with Gasteiger partial charge in [0.15, 0.2) is 0 Å². The molecule has 7 nitrogen and oxygen atoms in total. The molecule has 7 heteroatoms. The molecule has 144 valence electrons. The van der Waals surface area contributed by atoms with Crippen molar-refractivity contribution < 1.29 is 28.6 Å². The van der Waals surface area contributed by atoms with E-state index in [0.717, 1.165) is 0 Å². The van der Waals surface area contributed by atoms with Crippen molar-refractivity contribution in [2.45, 2.75) is 78.0 Å². The highest BCUT2D eigenvalue weighted by atomic mass is 16.6. The number of alkyl carbamates (subject to hydrolysis) is 1. The fourth-order valence-corrected chi connectivity index (χ4v) is 1.84. The monoisotopic (exact) mass is 357 g/mol. The summed E-state index contributed by atoms with van der Waals surface area (Å²) in [7, 11) is 1.28. The lowest BCUT2D eigenvalue weighted by Gasteiger charge is -2.26. The second kappa shape index (κ2) is 9.44. The molecule has 0 aromatic carbocycles. The van der Waals surface area contributed by atoms with Crippen LogP contribution >= 0.6 is 0 Å². The number of esters is 2. The van der Waals surface area contributed by atoms with Crippen molar-refractivity contribution in [1.29, 1.82) is 0 Å². The fraction of sp³-hybridized carbons (Fsp3) is 0.722. The first-order valence-corrected chi connectivity index (χ1v) is 8.23. The highest BCUT2D eigenvalue weighted by Gasteiger charge is 2.28. The third-order valence-electron chi connectivity index (χ3n) is 2.83. The quantitative estimate of drug-likeness (QED) is 0.428. The lowest BCUT2D eigenvalue weighted by molar-refractivity contribution is -0.157. The van der Waals surface area contributed by atoms with Gasteiger partial charge in [-0.3, -0.25) is 0 Å². The molecule has 0 radical (unpaired) electrons. The van der Waals surface area contributed by atoms with Crippen molar-refractivity contribution in [3.63, 3.8) is 0 Å². The molecule has 0 spiro atoms. The van der Waals surface area contributed by atoms with Gasteiger partial charge in [-0.05, 0) is 60.8 Å². The van der Waals surface area contributed by atoms with E-state index in [4.69, 9.17) is 9.47 Å². The van der Waals surface area contributed by atoms with Gasteiger partial charge < -0.3 is 19.5 Å². The summed E-state index contributed by atoms with van der Waals surface area (Å²) >= 11 is 0. The largest absolute Gasteiger partial charge is 0.466 e. The van der Waals surface area contributed by atoms with Gasteiger partial charge in [-0.25, -0.2) is 14.4 Å². The molecule has 0 aromatic heterocycles. The Balaban J connectivity index is 4.84. The first kappa shape index (κ1) is 22.9. The molecule has 25 heavy (non-hydrogen) atoms. The molecule has 1 atom stereocenters. The van der Waals surface area contributed by atoms with Gasteiger partial charge in [0.1, 0.15) is 17.2 Å². The topological polar surface area (TPSA) is 90.9 Å². The van der Waals surface area contributed by atoms with Gasteiger partial charge in [-0.15, -0.1) is 0 Å². The zero-order valence-electron chi connectivity index (χ0n) is 16.4. The van der Waals surface area contributed by atoms with E-state index in [1.165, 1.54) is 7.11 Å². The minimum Gasteiger partial charge on any atom is -0.466 e. The predicted octanol–water partition coefficient (Wildman–Crippen LogP) is 3.12. The Hall–Kier alpha value is -2.05. The number of rotatable bonds is 7. The minimum atomic E-state index is -0.875. The lowest BCUT2D eigenvalue weighted by atomic mass is 10.1. The summed E-state index contributed by atoms with van der Waals surface area (Å²) in [6, 6.07) is -0.875. The summed E-state index contributed by atoms with van der Waals surface area (Å²) in [6.45, 7) is 14.1. The van der Waals surface area contributed by atoms with Crippen LogP contribution in [0.1, 0.15) is 60.8 Å². The van der Waals surface area contributed by atoms with Crippen LogP contribution in [-0.4, -0.2) is 42.4 Å². The van der Waals surface area contributed by atoms with Crippen LogP contribution < -0.4 is 5.32 Å². The molecule has 1 N–H and O–H groups in total. The molecule has 0 saturated heterocycles. The van der Waals surface area contributed by atoms with Crippen LogP contribution in [0.25, 0.3) is 0 Å². The number of carbonyl (C=O) groups is 3. The van der Waals surface area contributed by atoms with E-state index >= 15 is 0 Å². The van der Waals surface area contributed by atoms with Crippen molar-refractivity contribution in [3.8, 4) is 0 Å². The predicted molar refractivity (Wildman–Crippen MR) is 94.0 cm³/mol. The van der Waals surface area contributed by atoms with Gasteiger partial charge in [-0.2, -0.15) is 0 Å². The van der Waals surface area contributed by atoms with Crippen LogP contribution in [-0.2, 0) is 23.8 Å². The van der Waals surface area contributed by atoms with Crippen molar-refractivity contribution >= 4 is 18.0 Å². The first-order valence-electron chi connectivity index (χ1n) is 8.23. The van der Waals surface area contributed by atoms with Crippen LogP contribution in [0.2, 0.25) is 0 Å². The molecule has 1 amide bonds. The second-order valence-electron chi connectivity index (χ2n) is 7.72. The van der Waals surface area contributed by atoms with Crippen LogP contribution in [0.3, 0.4) is 0 Å². The number of hydrogen-bond donors (Lipinski definition) is 1. The lowest BCUT2D eigenvalue weighted by Crippen LogP contribution is -2.46. The zero-order chi connectivity index (χ0) is 19.8. The summed E-state index contributed by atoms with van der Waals surface area (Å²) in [5.74, 6) is -1.05. The van der Waals surface area contributed by atoms with Gasteiger partial charge in [0.2, 0.25) is 0 Å². The average Bonchev–Trinajstić information content (AvgIpc) is 2.41. The Kier molecular flexibility index (Phi) is 8.66. The second-order valence-corrected chi connectivity index (χ2v) is 7.72. The van der Waals surface area contributed by atoms with Crippen molar-refractivity contribution in [1.82, 2.24) is 5.32 Å². The summed E-state index contributed by atoms with van der Waals surface area (Å²) in [5, 5.41) is 2.53. The van der Waals surface area contributed by atoms with E-state index in [2.05, 4.69) is 16.6 Å². The van der Waals surface area contributed by atoms with Gasteiger partial charge in [-0.1, -0.05) is 6.58 Å². The van der Waals surface area contributed by atoms with E-state index in [0.29, 0.717) is 18.4 Å². The van der Waals surface area contributed by atoms with Crippen LogP contribution in [0.4, 0.5) is 4.79 Å². The standard InChI is InChI=1S/C18H31NO6/c1-12(14(20)23-8)10-9-11-13(15(21)24-17(2,3)4)19-16(22)25-18(5,6)7/h13H,1,9-11H2,2-8H3,(H,19,22)/t13-/m0/s1. The van der Waals surface area contributed by atoms with Gasteiger partial charge in [0.05, 0.1) is 7.11 Å². The van der Waals surface area contributed by atoms with Crippen LogP contribution in [0.15, 0.2) is 12.2 Å². The molecule has 0 unspecified atom stereocenters. The molecule has 0 rings (SSSR count).